The second-order valence-electron chi connectivity index (χ2n) is 5.13. The summed E-state index contributed by atoms with van der Waals surface area (Å²) >= 11 is 0. The summed E-state index contributed by atoms with van der Waals surface area (Å²) in [5.74, 6) is 0.816. The largest absolute Gasteiger partial charge is 0.329 e. The van der Waals surface area contributed by atoms with Crippen molar-refractivity contribution < 1.29 is 0 Å². The lowest BCUT2D eigenvalue weighted by atomic mass is 9.92. The minimum atomic E-state index is 0.541. The first-order valence-electron chi connectivity index (χ1n) is 6.69. The molecule has 0 spiro atoms. The van der Waals surface area contributed by atoms with Gasteiger partial charge in [-0.25, -0.2) is 0 Å². The molecule has 0 aromatic carbocycles. The molecule has 17 heavy (non-hydrogen) atoms. The van der Waals surface area contributed by atoms with Crippen molar-refractivity contribution in [2.75, 3.05) is 13.1 Å². The molecule has 0 bridgehead atoms. The molecule has 0 radical (unpaired) electrons. The quantitative estimate of drug-likeness (QED) is 0.861. The Labute approximate surface area is 104 Å². The van der Waals surface area contributed by atoms with Crippen LogP contribution in [0.4, 0.5) is 0 Å². The number of hydrogen-bond acceptors (Lipinski definition) is 3. The first-order valence-corrected chi connectivity index (χ1v) is 6.69. The van der Waals surface area contributed by atoms with Gasteiger partial charge < -0.3 is 5.73 Å². The van der Waals surface area contributed by atoms with E-state index in [0.29, 0.717) is 6.04 Å². The molecule has 1 fully saturated rings. The van der Waals surface area contributed by atoms with Gasteiger partial charge in [0, 0.05) is 31.9 Å². The molecular weight excluding hydrogens is 212 g/mol. The minimum absolute atomic E-state index is 0.541. The zero-order chi connectivity index (χ0) is 12.3. The molecule has 1 saturated heterocycles. The smallest absolute Gasteiger partial charge is 0.0524 e. The van der Waals surface area contributed by atoms with Gasteiger partial charge in [0.1, 0.15) is 0 Å². The van der Waals surface area contributed by atoms with Crippen LogP contribution in [-0.4, -0.2) is 33.8 Å². The Morgan fingerprint density at radius 3 is 3.06 bits per heavy atom. The summed E-state index contributed by atoms with van der Waals surface area (Å²) in [7, 11) is 0. The number of piperidine rings is 1. The molecule has 2 rings (SSSR count). The number of nitrogens with two attached hydrogens (primary N) is 1. The van der Waals surface area contributed by atoms with Crippen molar-refractivity contribution in [2.45, 2.75) is 45.8 Å². The van der Waals surface area contributed by atoms with E-state index < -0.39 is 0 Å². The predicted molar refractivity (Wildman–Crippen MR) is 69.6 cm³/mol. The average molecular weight is 236 g/mol. The summed E-state index contributed by atoms with van der Waals surface area (Å²) < 4.78 is 2.08. The summed E-state index contributed by atoms with van der Waals surface area (Å²) in [5, 5.41) is 4.32. The molecular formula is C13H24N4. The number of likely N-dealkylation sites (tertiary alicyclic amines) is 1. The van der Waals surface area contributed by atoms with Gasteiger partial charge in [0.25, 0.3) is 0 Å². The Balaban J connectivity index is 2.02. The van der Waals surface area contributed by atoms with Crippen molar-refractivity contribution in [1.82, 2.24) is 14.7 Å². The van der Waals surface area contributed by atoms with Gasteiger partial charge in [0.05, 0.1) is 5.69 Å². The zero-order valence-corrected chi connectivity index (χ0v) is 11.0. The van der Waals surface area contributed by atoms with Crippen LogP contribution >= 0.6 is 0 Å². The molecule has 1 aliphatic rings. The summed E-state index contributed by atoms with van der Waals surface area (Å²) in [5.41, 5.74) is 7.20. The molecule has 1 aromatic heterocycles. The van der Waals surface area contributed by atoms with Crippen LogP contribution in [0.2, 0.25) is 0 Å². The minimum Gasteiger partial charge on any atom is -0.329 e. The average Bonchev–Trinajstić information content (AvgIpc) is 2.78. The van der Waals surface area contributed by atoms with Crippen LogP contribution in [-0.2, 0) is 13.1 Å². The molecule has 2 N–H and O–H groups in total. The van der Waals surface area contributed by atoms with E-state index in [0.717, 1.165) is 32.1 Å². The van der Waals surface area contributed by atoms with Crippen molar-refractivity contribution in [3.05, 3.63) is 18.0 Å². The summed E-state index contributed by atoms with van der Waals surface area (Å²) in [6, 6.07) is 2.66. The first kappa shape index (κ1) is 12.6. The predicted octanol–water partition coefficient (Wildman–Crippen LogP) is 1.46. The van der Waals surface area contributed by atoms with Crippen LogP contribution in [0.15, 0.2) is 12.3 Å². The van der Waals surface area contributed by atoms with Gasteiger partial charge in [-0.15, -0.1) is 0 Å². The number of nitrogens with zero attached hydrogens (tertiary/aromatic N) is 3. The lowest BCUT2D eigenvalue weighted by Gasteiger charge is -2.37. The second-order valence-corrected chi connectivity index (χ2v) is 5.13. The molecule has 2 heterocycles. The SMILES string of the molecule is CCn1nccc1CN1CCC(C)CC1CN. The third-order valence-corrected chi connectivity index (χ3v) is 3.84. The van der Waals surface area contributed by atoms with Crippen molar-refractivity contribution in [3.8, 4) is 0 Å². The van der Waals surface area contributed by atoms with Gasteiger partial charge in [-0.3, -0.25) is 9.58 Å². The third kappa shape index (κ3) is 2.87. The first-order chi connectivity index (χ1) is 8.24. The normalized spacial score (nSPS) is 26.3. The van der Waals surface area contributed by atoms with E-state index in [-0.39, 0.29) is 0 Å². The Hall–Kier alpha value is -0.870. The molecule has 0 saturated carbocycles. The molecule has 1 aliphatic heterocycles. The standard InChI is InChI=1S/C13H24N4/c1-3-17-12(4-6-15-17)10-16-7-5-11(2)8-13(16)9-14/h4,6,11,13H,3,5,7-10,14H2,1-2H3. The third-order valence-electron chi connectivity index (χ3n) is 3.84. The number of aromatic nitrogens is 2. The highest BCUT2D eigenvalue weighted by atomic mass is 15.3. The van der Waals surface area contributed by atoms with Crippen molar-refractivity contribution >= 4 is 0 Å². The van der Waals surface area contributed by atoms with Crippen LogP contribution in [0.5, 0.6) is 0 Å². The fourth-order valence-corrected chi connectivity index (χ4v) is 2.74. The van der Waals surface area contributed by atoms with Crippen LogP contribution in [0.25, 0.3) is 0 Å². The molecule has 96 valence electrons. The van der Waals surface area contributed by atoms with E-state index in [4.69, 9.17) is 5.73 Å². The van der Waals surface area contributed by atoms with E-state index in [2.05, 4.69) is 34.6 Å². The van der Waals surface area contributed by atoms with Crippen LogP contribution in [0.1, 0.15) is 32.4 Å². The Bertz CT molecular complexity index is 347. The molecule has 2 unspecified atom stereocenters. The maximum atomic E-state index is 5.89. The van der Waals surface area contributed by atoms with E-state index in [1.165, 1.54) is 18.5 Å². The Kier molecular flexibility index (Phi) is 4.18. The van der Waals surface area contributed by atoms with E-state index in [9.17, 15) is 0 Å². The van der Waals surface area contributed by atoms with E-state index in [1.54, 1.807) is 0 Å². The second kappa shape index (κ2) is 5.65. The summed E-state index contributed by atoms with van der Waals surface area (Å²) in [6.45, 7) is 8.33. The van der Waals surface area contributed by atoms with Gasteiger partial charge in [0.15, 0.2) is 0 Å². The van der Waals surface area contributed by atoms with Crippen LogP contribution in [0.3, 0.4) is 0 Å². The van der Waals surface area contributed by atoms with Crippen molar-refractivity contribution in [3.63, 3.8) is 0 Å². The number of hydrogen-bond donors (Lipinski definition) is 1. The summed E-state index contributed by atoms with van der Waals surface area (Å²) in [6.07, 6.45) is 4.41. The fourth-order valence-electron chi connectivity index (χ4n) is 2.74. The maximum absolute atomic E-state index is 5.89. The molecule has 0 aliphatic carbocycles. The van der Waals surface area contributed by atoms with Gasteiger partial charge in [-0.1, -0.05) is 6.92 Å². The lowest BCUT2D eigenvalue weighted by Crippen LogP contribution is -2.45. The Morgan fingerprint density at radius 1 is 1.53 bits per heavy atom. The van der Waals surface area contributed by atoms with Crippen molar-refractivity contribution in [2.24, 2.45) is 11.7 Å². The lowest BCUT2D eigenvalue weighted by molar-refractivity contribution is 0.112. The molecule has 4 nitrogen and oxygen atoms in total. The number of aryl methyl sites for hydroxylation is 1. The molecule has 2 atom stereocenters. The zero-order valence-electron chi connectivity index (χ0n) is 11.0. The van der Waals surface area contributed by atoms with E-state index in [1.807, 2.05) is 6.20 Å². The summed E-state index contributed by atoms with van der Waals surface area (Å²) in [4.78, 5) is 2.52. The van der Waals surface area contributed by atoms with Gasteiger partial charge in [-0.05, 0) is 38.3 Å². The molecule has 1 aromatic rings. The monoisotopic (exact) mass is 236 g/mol. The highest BCUT2D eigenvalue weighted by Gasteiger charge is 2.25. The highest BCUT2D eigenvalue weighted by Crippen LogP contribution is 2.23. The van der Waals surface area contributed by atoms with Gasteiger partial charge in [-0.2, -0.15) is 5.10 Å². The molecule has 4 heteroatoms. The highest BCUT2D eigenvalue weighted by molar-refractivity contribution is 5.01. The topological polar surface area (TPSA) is 47.1 Å². The van der Waals surface area contributed by atoms with Crippen LogP contribution in [0, 0.1) is 5.92 Å². The number of rotatable bonds is 4. The fraction of sp³-hybridized carbons (Fsp3) is 0.769. The van der Waals surface area contributed by atoms with Gasteiger partial charge >= 0.3 is 0 Å². The van der Waals surface area contributed by atoms with Gasteiger partial charge in [0.2, 0.25) is 0 Å². The van der Waals surface area contributed by atoms with Crippen molar-refractivity contribution in [1.29, 1.82) is 0 Å². The van der Waals surface area contributed by atoms with Crippen LogP contribution < -0.4 is 5.73 Å². The molecule has 0 amide bonds. The van der Waals surface area contributed by atoms with E-state index >= 15 is 0 Å². The Morgan fingerprint density at radius 2 is 2.35 bits per heavy atom. The maximum Gasteiger partial charge on any atom is 0.0524 e.